The summed E-state index contributed by atoms with van der Waals surface area (Å²) in [6, 6.07) is 52.1. The van der Waals surface area contributed by atoms with Gasteiger partial charge in [-0.25, -0.2) is 0 Å². The number of nitrogens with one attached hydrogen (secondary N) is 1. The lowest BCUT2D eigenvalue weighted by Gasteiger charge is -2.48. The van der Waals surface area contributed by atoms with E-state index in [1.54, 1.807) is 0 Å². The molecule has 67 heavy (non-hydrogen) atoms. The van der Waals surface area contributed by atoms with Crippen LogP contribution in [0.25, 0.3) is 33.4 Å². The molecule has 2 heterocycles. The Balaban J connectivity index is 1.15. The highest BCUT2D eigenvalue weighted by Gasteiger charge is 2.50. The first-order valence-corrected chi connectivity index (χ1v) is 25.2. The molecule has 3 aliphatic carbocycles. The molecule has 0 saturated carbocycles. The van der Waals surface area contributed by atoms with E-state index >= 15 is 0 Å². The summed E-state index contributed by atoms with van der Waals surface area (Å²) in [5.41, 5.74) is 27.3. The van der Waals surface area contributed by atoms with Crippen molar-refractivity contribution in [3.63, 3.8) is 0 Å². The van der Waals surface area contributed by atoms with Crippen molar-refractivity contribution in [1.29, 1.82) is 0 Å². The topological polar surface area (TPSA) is 15.3 Å². The number of anilines is 4. The summed E-state index contributed by atoms with van der Waals surface area (Å²) < 4.78 is 0. The predicted molar refractivity (Wildman–Crippen MR) is 287 cm³/mol. The van der Waals surface area contributed by atoms with E-state index < -0.39 is 0 Å². The molecule has 0 amide bonds. The molecule has 2 nitrogen and oxygen atoms in total. The maximum Gasteiger partial charge on any atom is 0.333 e. The van der Waals surface area contributed by atoms with Gasteiger partial charge in [0.1, 0.15) is 0 Å². The van der Waals surface area contributed by atoms with Crippen LogP contribution in [0, 0.1) is 0 Å². The molecule has 0 saturated heterocycles. The van der Waals surface area contributed by atoms with Crippen LogP contribution in [-0.2, 0) is 32.5 Å². The van der Waals surface area contributed by atoms with E-state index in [-0.39, 0.29) is 39.3 Å². The summed E-state index contributed by atoms with van der Waals surface area (Å²) in [6.45, 7) is 29.4. The molecule has 0 spiro atoms. The maximum atomic E-state index is 4.31. The van der Waals surface area contributed by atoms with Crippen molar-refractivity contribution in [2.75, 3.05) is 10.1 Å². The second-order valence-corrected chi connectivity index (χ2v) is 24.7. The summed E-state index contributed by atoms with van der Waals surface area (Å²) in [6.07, 6.45) is 4.76. The fraction of sp³-hybridized carbons (Fsp3) is 0.344. The Bertz CT molecular complexity index is 3210. The summed E-state index contributed by atoms with van der Waals surface area (Å²) >= 11 is 0. The summed E-state index contributed by atoms with van der Waals surface area (Å²) in [7, 11) is 0. The molecule has 0 unspecified atom stereocenters. The average molecular weight is 875 g/mol. The van der Waals surface area contributed by atoms with Crippen LogP contribution in [0.15, 0.2) is 133 Å². The van der Waals surface area contributed by atoms with Gasteiger partial charge in [-0.1, -0.05) is 186 Å². The van der Waals surface area contributed by atoms with Crippen LogP contribution in [0.4, 0.5) is 22.7 Å². The number of nitrogens with zero attached hydrogens (tertiary/aromatic N) is 1. The Morgan fingerprint density at radius 3 is 1.78 bits per heavy atom. The highest BCUT2D eigenvalue weighted by atomic mass is 15.1. The van der Waals surface area contributed by atoms with E-state index in [2.05, 4.69) is 227 Å². The number of hydrogen-bond donors (Lipinski definition) is 1. The van der Waals surface area contributed by atoms with Gasteiger partial charge in [-0.15, -0.1) is 0 Å². The standard InChI is InChI=1S/C64H67BN2/c1-59(2)31-32-60(3,4)48-35-41(27-30-46(48)59)63(9,10)47-23-18-24-52-58(47)66-53-37-51-55(43-21-16-17-22-45(43)64(51,11)12)56-44-36-49-50(62(7,8)34-33-61(49,5)6)38-54(44)67(65(52)57(53)56)42-28-25-40(26-29-42)39-19-14-13-15-20-39/h13-30,35-38,66H,31-34H2,1-12H3. The minimum atomic E-state index is -0.291. The normalized spacial score (nSPS) is 19.2. The van der Waals surface area contributed by atoms with E-state index in [9.17, 15) is 0 Å². The van der Waals surface area contributed by atoms with Crippen molar-refractivity contribution in [2.24, 2.45) is 0 Å². The maximum absolute atomic E-state index is 4.31. The smallest absolute Gasteiger partial charge is 0.333 e. The molecule has 0 fully saturated rings. The van der Waals surface area contributed by atoms with Gasteiger partial charge in [-0.2, -0.15) is 0 Å². The van der Waals surface area contributed by atoms with Crippen LogP contribution >= 0.6 is 0 Å². The Morgan fingerprint density at radius 2 is 1.09 bits per heavy atom. The lowest BCUT2D eigenvalue weighted by atomic mass is 9.42. The molecule has 12 rings (SSSR count). The van der Waals surface area contributed by atoms with Crippen LogP contribution < -0.4 is 21.1 Å². The van der Waals surface area contributed by atoms with Gasteiger partial charge in [0.15, 0.2) is 0 Å². The molecule has 336 valence electrons. The Kier molecular flexibility index (Phi) is 8.83. The van der Waals surface area contributed by atoms with E-state index in [0.717, 1.165) is 0 Å². The zero-order valence-corrected chi connectivity index (χ0v) is 42.1. The molecule has 7 aromatic rings. The van der Waals surface area contributed by atoms with Gasteiger partial charge < -0.3 is 10.1 Å². The summed E-state index contributed by atoms with van der Waals surface area (Å²) in [5, 5.41) is 4.31. The van der Waals surface area contributed by atoms with Gasteiger partial charge in [-0.05, 0) is 161 Å². The first-order valence-electron chi connectivity index (χ1n) is 25.2. The third-order valence-corrected chi connectivity index (χ3v) is 18.1. The second-order valence-electron chi connectivity index (χ2n) is 24.7. The van der Waals surface area contributed by atoms with Crippen molar-refractivity contribution >= 4 is 40.5 Å². The molecular formula is C64H67BN2. The third kappa shape index (κ3) is 6.01. The molecule has 3 heteroatoms. The fourth-order valence-corrected chi connectivity index (χ4v) is 13.6. The van der Waals surface area contributed by atoms with Gasteiger partial charge >= 0.3 is 6.85 Å². The van der Waals surface area contributed by atoms with E-state index in [4.69, 9.17) is 0 Å². The molecule has 7 aromatic carbocycles. The highest BCUT2D eigenvalue weighted by Crippen LogP contribution is 2.59. The minimum absolute atomic E-state index is 0.0449. The van der Waals surface area contributed by atoms with Crippen molar-refractivity contribution in [2.45, 2.75) is 141 Å². The van der Waals surface area contributed by atoms with Gasteiger partial charge in [0.25, 0.3) is 0 Å². The Hall–Kier alpha value is -5.80. The zero-order chi connectivity index (χ0) is 46.8. The first kappa shape index (κ1) is 42.6. The highest BCUT2D eigenvalue weighted by molar-refractivity contribution is 6.93. The predicted octanol–water partition coefficient (Wildman–Crippen LogP) is 15.7. The van der Waals surface area contributed by atoms with Gasteiger partial charge in [0.05, 0.1) is 0 Å². The molecule has 1 N–H and O–H groups in total. The number of fused-ring (bicyclic) bond motifs is 10. The minimum Gasteiger partial charge on any atom is -0.376 e. The van der Waals surface area contributed by atoms with E-state index in [1.165, 1.54) is 137 Å². The number of hydrogen-bond acceptors (Lipinski definition) is 2. The summed E-state index contributed by atoms with van der Waals surface area (Å²) in [5.74, 6) is 0. The van der Waals surface area contributed by atoms with Crippen LogP contribution in [0.1, 0.15) is 153 Å². The van der Waals surface area contributed by atoms with E-state index in [0.29, 0.717) is 0 Å². The van der Waals surface area contributed by atoms with Crippen LogP contribution in [-0.4, -0.2) is 6.85 Å². The zero-order valence-electron chi connectivity index (χ0n) is 42.1. The monoisotopic (exact) mass is 875 g/mol. The largest absolute Gasteiger partial charge is 0.376 e. The number of benzene rings is 7. The van der Waals surface area contributed by atoms with Gasteiger partial charge in [0, 0.05) is 39.1 Å². The van der Waals surface area contributed by atoms with Crippen molar-refractivity contribution in [3.05, 3.63) is 178 Å². The molecule has 0 radical (unpaired) electrons. The first-order chi connectivity index (χ1) is 31.7. The molecule has 0 bridgehead atoms. The fourth-order valence-electron chi connectivity index (χ4n) is 13.6. The average Bonchev–Trinajstić information content (AvgIpc) is 3.54. The molecular weight excluding hydrogens is 808 g/mol. The van der Waals surface area contributed by atoms with Crippen molar-refractivity contribution in [3.8, 4) is 33.4 Å². The van der Waals surface area contributed by atoms with Crippen molar-refractivity contribution < 1.29 is 0 Å². The summed E-state index contributed by atoms with van der Waals surface area (Å²) in [4.78, 5) is 2.74. The van der Waals surface area contributed by atoms with Crippen LogP contribution in [0.5, 0.6) is 0 Å². The molecule has 2 aliphatic heterocycles. The SMILES string of the molecule is CC1(C)CCC(C)(C)c2cc(C(C)(C)c3cccc4c3Nc3cc5c(c6c3B4N(c3ccc(-c4ccccc4)cc3)c3cc4c(cc3-6)C(C)(C)CCC4(C)C)-c3ccccc3C5(C)C)ccc21. The third-order valence-electron chi connectivity index (χ3n) is 18.1. The van der Waals surface area contributed by atoms with Crippen molar-refractivity contribution in [1.82, 2.24) is 0 Å². The number of rotatable bonds is 4. The Labute approximate surface area is 401 Å². The Morgan fingerprint density at radius 1 is 0.493 bits per heavy atom. The van der Waals surface area contributed by atoms with Crippen LogP contribution in [0.2, 0.25) is 0 Å². The molecule has 5 aliphatic rings. The quantitative estimate of drug-likeness (QED) is 0.177. The van der Waals surface area contributed by atoms with Crippen LogP contribution in [0.3, 0.4) is 0 Å². The molecule has 0 atom stereocenters. The lowest BCUT2D eigenvalue weighted by Crippen LogP contribution is -2.61. The van der Waals surface area contributed by atoms with Gasteiger partial charge in [0.2, 0.25) is 0 Å². The molecule has 0 aromatic heterocycles. The van der Waals surface area contributed by atoms with E-state index in [1.807, 2.05) is 0 Å². The second kappa shape index (κ2) is 13.9. The van der Waals surface area contributed by atoms with Gasteiger partial charge in [-0.3, -0.25) is 0 Å². The lowest BCUT2D eigenvalue weighted by molar-refractivity contribution is 0.331. The number of para-hydroxylation sites is 1.